The minimum absolute atomic E-state index is 0.0531. The Bertz CT molecular complexity index is 770. The van der Waals surface area contributed by atoms with Gasteiger partial charge in [0.25, 0.3) is 0 Å². The van der Waals surface area contributed by atoms with Gasteiger partial charge in [0, 0.05) is 12.2 Å². The summed E-state index contributed by atoms with van der Waals surface area (Å²) in [6.07, 6.45) is 3.12. The van der Waals surface area contributed by atoms with E-state index in [0.717, 1.165) is 35.5 Å². The van der Waals surface area contributed by atoms with Gasteiger partial charge < -0.3 is 19.4 Å². The Hall–Kier alpha value is -1.66. The van der Waals surface area contributed by atoms with Gasteiger partial charge in [-0.1, -0.05) is 6.92 Å². The molecule has 0 bridgehead atoms. The Morgan fingerprint density at radius 3 is 2.83 bits per heavy atom. The predicted octanol–water partition coefficient (Wildman–Crippen LogP) is 3.27. The highest BCUT2D eigenvalue weighted by molar-refractivity contribution is 5.86. The van der Waals surface area contributed by atoms with Crippen molar-refractivity contribution in [3.8, 4) is 0 Å². The van der Waals surface area contributed by atoms with Crippen LogP contribution in [-0.4, -0.2) is 39.1 Å². The maximum Gasteiger partial charge on any atom is 0.163 e. The first kappa shape index (κ1) is 15.8. The molecular weight excluding hydrogens is 304 g/mol. The van der Waals surface area contributed by atoms with E-state index >= 15 is 0 Å². The van der Waals surface area contributed by atoms with Gasteiger partial charge >= 0.3 is 0 Å². The van der Waals surface area contributed by atoms with E-state index in [1.165, 1.54) is 0 Å². The molecule has 4 rings (SSSR count). The molecule has 24 heavy (non-hydrogen) atoms. The van der Waals surface area contributed by atoms with Gasteiger partial charge in [-0.05, 0) is 46.1 Å². The fraction of sp³-hybridized carbons (Fsp3) is 0.667. The van der Waals surface area contributed by atoms with Crippen LogP contribution >= 0.6 is 0 Å². The summed E-state index contributed by atoms with van der Waals surface area (Å²) < 4.78 is 14.5. The molecule has 2 fully saturated rings. The predicted molar refractivity (Wildman–Crippen MR) is 93.1 cm³/mol. The third-order valence-electron chi connectivity index (χ3n) is 5.10. The van der Waals surface area contributed by atoms with Crippen molar-refractivity contribution in [3.63, 3.8) is 0 Å². The highest BCUT2D eigenvalue weighted by Gasteiger charge is 2.53. The average Bonchev–Trinajstić information content (AvgIpc) is 3.12. The van der Waals surface area contributed by atoms with Crippen LogP contribution in [0, 0.1) is 12.8 Å². The first-order valence-corrected chi connectivity index (χ1v) is 8.83. The van der Waals surface area contributed by atoms with Crippen molar-refractivity contribution >= 4 is 16.9 Å². The third-order valence-corrected chi connectivity index (χ3v) is 5.10. The zero-order valence-corrected chi connectivity index (χ0v) is 15.0. The first-order chi connectivity index (χ1) is 11.4. The van der Waals surface area contributed by atoms with Crippen LogP contribution in [0.1, 0.15) is 45.9 Å². The standard InChI is InChI=1S/C18H26N4O2/c1-6-19-12-8-11(3)21-17-14(12)20-9-22(17)13-7-10(2)15-16(13)24-18(4,5)23-15/h8-10,13,15-16H,6-7H2,1-5H3,(H,19,21)/t10-,13+,15+,16-/m0/s1. The highest BCUT2D eigenvalue weighted by Crippen LogP contribution is 2.47. The van der Waals surface area contributed by atoms with Gasteiger partial charge in [0.1, 0.15) is 11.6 Å². The topological polar surface area (TPSA) is 61.2 Å². The normalized spacial score (nSPS) is 31.5. The maximum atomic E-state index is 6.22. The summed E-state index contributed by atoms with van der Waals surface area (Å²) in [5.41, 5.74) is 3.89. The lowest BCUT2D eigenvalue weighted by Gasteiger charge is -2.23. The molecule has 130 valence electrons. The molecule has 6 nitrogen and oxygen atoms in total. The molecule has 2 aromatic rings. The monoisotopic (exact) mass is 330 g/mol. The number of fused-ring (bicyclic) bond motifs is 2. The fourth-order valence-corrected chi connectivity index (χ4v) is 4.18. The number of aromatic nitrogens is 3. The van der Waals surface area contributed by atoms with Crippen LogP contribution in [-0.2, 0) is 9.47 Å². The quantitative estimate of drug-likeness (QED) is 0.936. The molecule has 1 N–H and O–H groups in total. The number of ether oxygens (including phenoxy) is 2. The van der Waals surface area contributed by atoms with Crippen molar-refractivity contribution in [1.29, 1.82) is 0 Å². The van der Waals surface area contributed by atoms with Crippen LogP contribution in [0.15, 0.2) is 12.4 Å². The molecule has 1 saturated carbocycles. The van der Waals surface area contributed by atoms with Gasteiger partial charge in [0.15, 0.2) is 11.4 Å². The molecule has 6 heteroatoms. The summed E-state index contributed by atoms with van der Waals surface area (Å²) >= 11 is 0. The lowest BCUT2D eigenvalue weighted by molar-refractivity contribution is -0.159. The summed E-state index contributed by atoms with van der Waals surface area (Å²) in [6, 6.07) is 2.27. The molecule has 1 saturated heterocycles. The van der Waals surface area contributed by atoms with Crippen molar-refractivity contribution in [2.45, 2.75) is 65.1 Å². The summed E-state index contributed by atoms with van der Waals surface area (Å²) in [4.78, 5) is 9.40. The molecule has 3 heterocycles. The average molecular weight is 330 g/mol. The molecule has 0 unspecified atom stereocenters. The maximum absolute atomic E-state index is 6.22. The van der Waals surface area contributed by atoms with Gasteiger partial charge in [0.05, 0.1) is 24.2 Å². The van der Waals surface area contributed by atoms with E-state index in [0.29, 0.717) is 5.92 Å². The summed E-state index contributed by atoms with van der Waals surface area (Å²) in [7, 11) is 0. The number of nitrogens with one attached hydrogen (secondary N) is 1. The molecule has 1 aliphatic carbocycles. The van der Waals surface area contributed by atoms with E-state index in [4.69, 9.17) is 14.5 Å². The lowest BCUT2D eigenvalue weighted by atomic mass is 10.1. The molecule has 2 aromatic heterocycles. The van der Waals surface area contributed by atoms with E-state index in [1.54, 1.807) is 0 Å². The largest absolute Gasteiger partial charge is 0.383 e. The van der Waals surface area contributed by atoms with Gasteiger partial charge in [0.2, 0.25) is 0 Å². The van der Waals surface area contributed by atoms with Crippen molar-refractivity contribution in [3.05, 3.63) is 18.1 Å². The Kier molecular flexibility index (Phi) is 3.58. The number of anilines is 1. The van der Waals surface area contributed by atoms with Crippen LogP contribution in [0.4, 0.5) is 5.69 Å². The van der Waals surface area contributed by atoms with Crippen LogP contribution < -0.4 is 5.32 Å². The Morgan fingerprint density at radius 2 is 2.08 bits per heavy atom. The van der Waals surface area contributed by atoms with Gasteiger partial charge in [-0.15, -0.1) is 0 Å². The second-order valence-electron chi connectivity index (χ2n) is 7.51. The number of hydrogen-bond acceptors (Lipinski definition) is 5. The van der Waals surface area contributed by atoms with Gasteiger partial charge in [-0.2, -0.15) is 0 Å². The highest BCUT2D eigenvalue weighted by atomic mass is 16.8. The smallest absolute Gasteiger partial charge is 0.163 e. The van der Waals surface area contributed by atoms with Crippen LogP contribution in [0.3, 0.4) is 0 Å². The van der Waals surface area contributed by atoms with E-state index in [9.17, 15) is 0 Å². The molecular formula is C18H26N4O2. The summed E-state index contributed by atoms with van der Waals surface area (Å²) in [6.45, 7) is 11.2. The zero-order chi connectivity index (χ0) is 17.1. The summed E-state index contributed by atoms with van der Waals surface area (Å²) in [5.74, 6) is -0.0611. The Balaban J connectivity index is 1.77. The van der Waals surface area contributed by atoms with E-state index in [-0.39, 0.29) is 18.2 Å². The number of rotatable bonds is 3. The van der Waals surface area contributed by atoms with Crippen LogP contribution in [0.5, 0.6) is 0 Å². The molecule has 0 spiro atoms. The van der Waals surface area contributed by atoms with Crippen LogP contribution in [0.2, 0.25) is 0 Å². The number of hydrogen-bond donors (Lipinski definition) is 1. The summed E-state index contributed by atoms with van der Waals surface area (Å²) in [5, 5.41) is 3.39. The number of pyridine rings is 1. The molecule has 0 amide bonds. The minimum Gasteiger partial charge on any atom is -0.383 e. The van der Waals surface area contributed by atoms with E-state index in [1.807, 2.05) is 27.1 Å². The second kappa shape index (κ2) is 5.43. The lowest BCUT2D eigenvalue weighted by Crippen LogP contribution is -2.27. The Labute approximate surface area is 142 Å². The number of aryl methyl sites for hydroxylation is 1. The molecule has 2 aliphatic rings. The van der Waals surface area contributed by atoms with Crippen molar-refractivity contribution in [1.82, 2.24) is 14.5 Å². The van der Waals surface area contributed by atoms with Crippen molar-refractivity contribution in [2.24, 2.45) is 5.92 Å². The minimum atomic E-state index is -0.517. The Morgan fingerprint density at radius 1 is 1.33 bits per heavy atom. The first-order valence-electron chi connectivity index (χ1n) is 8.83. The third kappa shape index (κ3) is 2.40. The van der Waals surface area contributed by atoms with Gasteiger partial charge in [-0.3, -0.25) is 0 Å². The van der Waals surface area contributed by atoms with Crippen molar-refractivity contribution < 1.29 is 9.47 Å². The van der Waals surface area contributed by atoms with Crippen LogP contribution in [0.25, 0.3) is 11.2 Å². The van der Waals surface area contributed by atoms with E-state index < -0.39 is 5.79 Å². The fourth-order valence-electron chi connectivity index (χ4n) is 4.18. The van der Waals surface area contributed by atoms with Gasteiger partial charge in [-0.25, -0.2) is 9.97 Å². The SMILES string of the molecule is CCNc1cc(C)nc2c1ncn2[C@@H]1C[C@H](C)[C@H]2OC(C)(C)O[C@H]21. The molecule has 4 atom stereocenters. The zero-order valence-electron chi connectivity index (χ0n) is 15.0. The van der Waals surface area contributed by atoms with Crippen molar-refractivity contribution in [2.75, 3.05) is 11.9 Å². The molecule has 0 radical (unpaired) electrons. The molecule has 0 aromatic carbocycles. The second-order valence-corrected chi connectivity index (χ2v) is 7.51. The number of nitrogens with zero attached hydrogens (tertiary/aromatic N) is 3. The molecule has 1 aliphatic heterocycles. The van der Waals surface area contributed by atoms with E-state index in [2.05, 4.69) is 34.8 Å². The number of imidazole rings is 1.